The Hall–Kier alpha value is -1.34. The maximum absolute atomic E-state index is 12.3. The number of hydrogen-bond acceptors (Lipinski definition) is 4. The number of carbonyl (C=O) groups is 2. The molecule has 7 nitrogen and oxygen atoms in total. The van der Waals surface area contributed by atoms with Crippen molar-refractivity contribution in [2.75, 3.05) is 45.8 Å². The fourth-order valence-electron chi connectivity index (χ4n) is 3.02. The summed E-state index contributed by atoms with van der Waals surface area (Å²) in [5, 5.41) is 15.6. The van der Waals surface area contributed by atoms with Crippen molar-refractivity contribution in [1.29, 1.82) is 0 Å². The van der Waals surface area contributed by atoms with E-state index in [0.717, 1.165) is 45.6 Å². The Labute approximate surface area is 125 Å². The molecule has 0 bridgehead atoms. The van der Waals surface area contributed by atoms with Gasteiger partial charge in [-0.1, -0.05) is 0 Å². The molecule has 0 spiro atoms. The van der Waals surface area contributed by atoms with Crippen LogP contribution in [-0.4, -0.2) is 78.3 Å². The normalized spacial score (nSPS) is 27.4. The predicted molar refractivity (Wildman–Crippen MR) is 79.3 cm³/mol. The minimum Gasteiger partial charge on any atom is -0.480 e. The fourth-order valence-corrected chi connectivity index (χ4v) is 3.02. The number of urea groups is 1. The summed E-state index contributed by atoms with van der Waals surface area (Å²) in [7, 11) is 0. The number of nitrogens with zero attached hydrogens (tertiary/aromatic N) is 2. The molecule has 120 valence electrons. The van der Waals surface area contributed by atoms with Crippen molar-refractivity contribution >= 4 is 12.0 Å². The molecule has 2 rings (SSSR count). The van der Waals surface area contributed by atoms with E-state index in [1.807, 2.05) is 0 Å². The number of hydrogen-bond donors (Lipinski definition) is 3. The lowest BCUT2D eigenvalue weighted by molar-refractivity contribution is -0.150. The second kappa shape index (κ2) is 7.09. The van der Waals surface area contributed by atoms with E-state index in [1.165, 1.54) is 4.90 Å². The lowest BCUT2D eigenvalue weighted by Crippen LogP contribution is -2.60. The molecule has 0 aliphatic carbocycles. The molecule has 1 atom stereocenters. The monoisotopic (exact) mass is 298 g/mol. The van der Waals surface area contributed by atoms with Crippen LogP contribution in [0.3, 0.4) is 0 Å². The zero-order valence-corrected chi connectivity index (χ0v) is 12.7. The van der Waals surface area contributed by atoms with Crippen LogP contribution in [0.4, 0.5) is 4.79 Å². The van der Waals surface area contributed by atoms with Gasteiger partial charge in [0.25, 0.3) is 0 Å². The van der Waals surface area contributed by atoms with Crippen molar-refractivity contribution < 1.29 is 14.7 Å². The first-order valence-corrected chi connectivity index (χ1v) is 7.76. The van der Waals surface area contributed by atoms with Crippen LogP contribution in [0.5, 0.6) is 0 Å². The molecule has 7 heteroatoms. The van der Waals surface area contributed by atoms with Gasteiger partial charge < -0.3 is 20.6 Å². The van der Waals surface area contributed by atoms with Crippen LogP contribution in [0, 0.1) is 0 Å². The second-order valence-electron chi connectivity index (χ2n) is 6.01. The first kappa shape index (κ1) is 16.0. The molecule has 0 aromatic heterocycles. The highest BCUT2D eigenvalue weighted by Crippen LogP contribution is 2.28. The van der Waals surface area contributed by atoms with E-state index in [2.05, 4.69) is 15.5 Å². The Morgan fingerprint density at radius 3 is 2.62 bits per heavy atom. The van der Waals surface area contributed by atoms with Gasteiger partial charge in [-0.3, -0.25) is 4.90 Å². The van der Waals surface area contributed by atoms with Crippen molar-refractivity contribution in [2.45, 2.75) is 31.7 Å². The van der Waals surface area contributed by atoms with Crippen LogP contribution < -0.4 is 10.6 Å². The Balaban J connectivity index is 1.82. The van der Waals surface area contributed by atoms with Crippen LogP contribution in [0.25, 0.3) is 0 Å². The van der Waals surface area contributed by atoms with E-state index in [1.54, 1.807) is 6.92 Å². The van der Waals surface area contributed by atoms with Gasteiger partial charge in [0.05, 0.1) is 0 Å². The molecule has 0 aromatic rings. The maximum Gasteiger partial charge on any atom is 0.329 e. The summed E-state index contributed by atoms with van der Waals surface area (Å²) >= 11 is 0. The predicted octanol–water partition coefficient (Wildman–Crippen LogP) is -0.0696. The van der Waals surface area contributed by atoms with E-state index < -0.39 is 11.5 Å². The quantitative estimate of drug-likeness (QED) is 0.676. The molecule has 0 radical (unpaired) electrons. The van der Waals surface area contributed by atoms with Crippen LogP contribution in [0.2, 0.25) is 0 Å². The molecule has 21 heavy (non-hydrogen) atoms. The molecule has 2 saturated heterocycles. The van der Waals surface area contributed by atoms with Crippen molar-refractivity contribution in [3.8, 4) is 0 Å². The highest BCUT2D eigenvalue weighted by Gasteiger charge is 2.43. The topological polar surface area (TPSA) is 84.9 Å². The summed E-state index contributed by atoms with van der Waals surface area (Å²) in [6.07, 6.45) is 2.25. The van der Waals surface area contributed by atoms with Crippen LogP contribution in [0.15, 0.2) is 0 Å². The molecule has 2 aliphatic rings. The van der Waals surface area contributed by atoms with Crippen molar-refractivity contribution in [3.63, 3.8) is 0 Å². The molecule has 1 unspecified atom stereocenters. The zero-order valence-electron chi connectivity index (χ0n) is 12.7. The van der Waals surface area contributed by atoms with Crippen LogP contribution in [0.1, 0.15) is 26.2 Å². The zero-order chi connectivity index (χ0) is 15.3. The fraction of sp³-hybridized carbons (Fsp3) is 0.857. The Morgan fingerprint density at radius 1 is 1.24 bits per heavy atom. The Kier molecular flexibility index (Phi) is 5.41. The van der Waals surface area contributed by atoms with Crippen molar-refractivity contribution in [3.05, 3.63) is 0 Å². The van der Waals surface area contributed by atoms with E-state index in [0.29, 0.717) is 19.5 Å². The summed E-state index contributed by atoms with van der Waals surface area (Å²) in [6, 6.07) is -0.255. The smallest absolute Gasteiger partial charge is 0.329 e. The summed E-state index contributed by atoms with van der Waals surface area (Å²) in [5.41, 5.74) is -1.07. The number of rotatable bonds is 4. The maximum atomic E-state index is 12.3. The van der Waals surface area contributed by atoms with Gasteiger partial charge in [0, 0.05) is 45.8 Å². The van der Waals surface area contributed by atoms with Crippen LogP contribution >= 0.6 is 0 Å². The summed E-state index contributed by atoms with van der Waals surface area (Å²) in [5.74, 6) is -0.917. The number of nitrogens with one attached hydrogen (secondary N) is 2. The van der Waals surface area contributed by atoms with Gasteiger partial charge in [0.1, 0.15) is 5.54 Å². The first-order chi connectivity index (χ1) is 10.0. The molecule has 2 heterocycles. The van der Waals surface area contributed by atoms with E-state index in [-0.39, 0.29) is 6.03 Å². The number of aliphatic carboxylic acids is 1. The second-order valence-corrected chi connectivity index (χ2v) is 6.01. The number of piperazine rings is 1. The number of carbonyl (C=O) groups excluding carboxylic acids is 1. The largest absolute Gasteiger partial charge is 0.480 e. The van der Waals surface area contributed by atoms with Crippen molar-refractivity contribution in [2.24, 2.45) is 0 Å². The van der Waals surface area contributed by atoms with Gasteiger partial charge in [-0.2, -0.15) is 0 Å². The number of amides is 2. The Bertz CT molecular complexity index is 384. The minimum atomic E-state index is -1.07. The average molecular weight is 298 g/mol. The highest BCUT2D eigenvalue weighted by atomic mass is 16.4. The van der Waals surface area contributed by atoms with Gasteiger partial charge in [-0.05, 0) is 26.2 Å². The van der Waals surface area contributed by atoms with Gasteiger partial charge in [0.2, 0.25) is 0 Å². The number of carboxylic acid groups (broad SMARTS) is 1. The third kappa shape index (κ3) is 3.85. The summed E-state index contributed by atoms with van der Waals surface area (Å²) in [4.78, 5) is 27.5. The molecular formula is C14H26N4O3. The minimum absolute atomic E-state index is 0.255. The van der Waals surface area contributed by atoms with Gasteiger partial charge in [-0.25, -0.2) is 9.59 Å². The number of likely N-dealkylation sites (tertiary alicyclic amines) is 1. The lowest BCUT2D eigenvalue weighted by atomic mass is 9.89. The third-order valence-corrected chi connectivity index (χ3v) is 4.51. The molecule has 2 amide bonds. The lowest BCUT2D eigenvalue weighted by Gasteiger charge is -2.41. The first-order valence-electron chi connectivity index (χ1n) is 7.76. The number of piperidine rings is 1. The molecule has 2 fully saturated rings. The summed E-state index contributed by atoms with van der Waals surface area (Å²) < 4.78 is 0. The molecule has 3 N–H and O–H groups in total. The standard InChI is InChI=1S/C14H26N4O3/c1-14(12(19)20)4-2-3-8-18(14)13(21)16-7-11-17-9-5-15-6-10-17/h15H,2-11H2,1H3,(H,16,21)(H,19,20). The van der Waals surface area contributed by atoms with Gasteiger partial charge in [-0.15, -0.1) is 0 Å². The van der Waals surface area contributed by atoms with E-state index in [9.17, 15) is 14.7 Å². The average Bonchev–Trinajstić information content (AvgIpc) is 2.48. The van der Waals surface area contributed by atoms with Crippen molar-refractivity contribution in [1.82, 2.24) is 20.4 Å². The van der Waals surface area contributed by atoms with E-state index >= 15 is 0 Å². The Morgan fingerprint density at radius 2 is 1.95 bits per heavy atom. The number of carboxylic acids is 1. The SMILES string of the molecule is CC1(C(=O)O)CCCCN1C(=O)NCCN1CCNCC1. The van der Waals surface area contributed by atoms with E-state index in [4.69, 9.17) is 0 Å². The third-order valence-electron chi connectivity index (χ3n) is 4.51. The molecule has 0 aromatic carbocycles. The molecular weight excluding hydrogens is 272 g/mol. The van der Waals surface area contributed by atoms with Gasteiger partial charge >= 0.3 is 12.0 Å². The van der Waals surface area contributed by atoms with Gasteiger partial charge in [0.15, 0.2) is 0 Å². The molecule has 0 saturated carbocycles. The highest BCUT2D eigenvalue weighted by molar-refractivity contribution is 5.86. The molecule has 2 aliphatic heterocycles. The van der Waals surface area contributed by atoms with Crippen LogP contribution in [-0.2, 0) is 4.79 Å². The summed E-state index contributed by atoms with van der Waals surface area (Å²) in [6.45, 7) is 7.48.